The van der Waals surface area contributed by atoms with Gasteiger partial charge >= 0.3 is 0 Å². The number of piperidine rings is 1. The van der Waals surface area contributed by atoms with Crippen molar-refractivity contribution in [2.75, 3.05) is 27.2 Å². The van der Waals surface area contributed by atoms with E-state index in [9.17, 15) is 4.79 Å². The summed E-state index contributed by atoms with van der Waals surface area (Å²) in [6.45, 7) is 3.27. The van der Waals surface area contributed by atoms with Crippen molar-refractivity contribution in [1.82, 2.24) is 25.1 Å². The Balaban J connectivity index is 0.00000300. The molecule has 0 saturated carbocycles. The van der Waals surface area contributed by atoms with Crippen LogP contribution in [0.2, 0.25) is 0 Å². The zero-order chi connectivity index (χ0) is 19.8. The molecule has 29 heavy (non-hydrogen) atoms. The number of hydrogen-bond donors (Lipinski definition) is 2. The molecular formula is C21H31IN6O. The van der Waals surface area contributed by atoms with E-state index in [0.29, 0.717) is 18.9 Å². The molecule has 2 N–H and O–H groups in total. The first-order valence-corrected chi connectivity index (χ1v) is 9.89. The summed E-state index contributed by atoms with van der Waals surface area (Å²) in [6, 6.07) is 10.4. The summed E-state index contributed by atoms with van der Waals surface area (Å²) in [5, 5.41) is 6.17. The number of amides is 1. The molecule has 2 aromatic rings. The standard InChI is InChI=1S/C21H30N6O.HI/c1-22-20(28)14-17-8-11-26(12-9-17)21(23-2)25-15-19-24-10-13-27(19)16-18-6-4-3-5-7-18;/h3-7,10,13,17H,8-9,11-12,14-16H2,1-2H3,(H,22,28)(H,23,25);1H. The molecule has 1 saturated heterocycles. The second-order valence-electron chi connectivity index (χ2n) is 7.17. The number of nitrogens with zero attached hydrogens (tertiary/aromatic N) is 4. The summed E-state index contributed by atoms with van der Waals surface area (Å²) >= 11 is 0. The minimum atomic E-state index is 0. The number of hydrogen-bond acceptors (Lipinski definition) is 3. The normalized spacial score (nSPS) is 15.0. The third-order valence-electron chi connectivity index (χ3n) is 5.28. The number of likely N-dealkylation sites (tertiary alicyclic amines) is 1. The SMILES string of the molecule is CN=C(NCc1nccn1Cc1ccccc1)N1CCC(CC(=O)NC)CC1.I. The van der Waals surface area contributed by atoms with Gasteiger partial charge in [0.05, 0.1) is 6.54 Å². The van der Waals surface area contributed by atoms with Crippen molar-refractivity contribution in [1.29, 1.82) is 0 Å². The quantitative estimate of drug-likeness (QED) is 0.356. The van der Waals surface area contributed by atoms with Gasteiger partial charge in [-0.25, -0.2) is 4.98 Å². The highest BCUT2D eigenvalue weighted by Gasteiger charge is 2.23. The molecule has 0 radical (unpaired) electrons. The van der Waals surface area contributed by atoms with E-state index in [1.165, 1.54) is 5.56 Å². The van der Waals surface area contributed by atoms with Crippen LogP contribution in [0.5, 0.6) is 0 Å². The van der Waals surface area contributed by atoms with Gasteiger partial charge in [-0.3, -0.25) is 9.79 Å². The number of nitrogens with one attached hydrogen (secondary N) is 2. The smallest absolute Gasteiger partial charge is 0.220 e. The van der Waals surface area contributed by atoms with Gasteiger partial charge in [0.2, 0.25) is 5.91 Å². The van der Waals surface area contributed by atoms with Gasteiger partial charge in [0.25, 0.3) is 0 Å². The van der Waals surface area contributed by atoms with Crippen molar-refractivity contribution in [3.63, 3.8) is 0 Å². The molecule has 0 bridgehead atoms. The number of benzene rings is 1. The predicted molar refractivity (Wildman–Crippen MR) is 126 cm³/mol. The van der Waals surface area contributed by atoms with E-state index >= 15 is 0 Å². The van der Waals surface area contributed by atoms with Crippen LogP contribution >= 0.6 is 24.0 Å². The van der Waals surface area contributed by atoms with Crippen LogP contribution in [0.15, 0.2) is 47.7 Å². The molecule has 1 fully saturated rings. The minimum absolute atomic E-state index is 0. The highest BCUT2D eigenvalue weighted by Crippen LogP contribution is 2.20. The fraction of sp³-hybridized carbons (Fsp3) is 0.476. The highest BCUT2D eigenvalue weighted by molar-refractivity contribution is 14.0. The molecule has 1 aromatic carbocycles. The number of guanidine groups is 1. The highest BCUT2D eigenvalue weighted by atomic mass is 127. The second kappa shape index (κ2) is 11.8. The molecule has 0 atom stereocenters. The lowest BCUT2D eigenvalue weighted by atomic mass is 9.93. The molecule has 1 aromatic heterocycles. The Kier molecular flexibility index (Phi) is 9.43. The molecule has 1 aliphatic heterocycles. The monoisotopic (exact) mass is 510 g/mol. The van der Waals surface area contributed by atoms with Crippen LogP contribution in [0.25, 0.3) is 0 Å². The molecule has 0 unspecified atom stereocenters. The van der Waals surface area contributed by atoms with Crippen molar-refractivity contribution >= 4 is 35.8 Å². The topological polar surface area (TPSA) is 74.5 Å². The van der Waals surface area contributed by atoms with E-state index in [2.05, 4.69) is 54.3 Å². The Morgan fingerprint density at radius 1 is 1.24 bits per heavy atom. The van der Waals surface area contributed by atoms with Gasteiger partial charge in [-0.2, -0.15) is 0 Å². The molecule has 1 amide bonds. The van der Waals surface area contributed by atoms with Gasteiger partial charge in [0.15, 0.2) is 5.96 Å². The summed E-state index contributed by atoms with van der Waals surface area (Å²) in [5.74, 6) is 2.47. The number of aromatic nitrogens is 2. The van der Waals surface area contributed by atoms with Crippen LogP contribution in [0, 0.1) is 5.92 Å². The fourth-order valence-corrected chi connectivity index (χ4v) is 3.63. The van der Waals surface area contributed by atoms with E-state index < -0.39 is 0 Å². The van der Waals surface area contributed by atoms with Gasteiger partial charge in [-0.05, 0) is 24.3 Å². The first-order valence-electron chi connectivity index (χ1n) is 9.89. The van der Waals surface area contributed by atoms with Crippen LogP contribution in [-0.2, 0) is 17.9 Å². The summed E-state index contributed by atoms with van der Waals surface area (Å²) in [4.78, 5) is 22.8. The zero-order valence-electron chi connectivity index (χ0n) is 17.2. The molecule has 158 valence electrons. The van der Waals surface area contributed by atoms with Gasteiger partial charge in [-0.1, -0.05) is 30.3 Å². The molecular weight excluding hydrogens is 479 g/mol. The zero-order valence-corrected chi connectivity index (χ0v) is 19.5. The first-order chi connectivity index (χ1) is 13.7. The molecule has 1 aliphatic rings. The van der Waals surface area contributed by atoms with Crippen LogP contribution < -0.4 is 10.6 Å². The van der Waals surface area contributed by atoms with Gasteiger partial charge in [0, 0.05) is 52.5 Å². The molecule has 3 rings (SSSR count). The first kappa shape index (κ1) is 23.2. The number of imidazole rings is 1. The minimum Gasteiger partial charge on any atom is -0.359 e. The average Bonchev–Trinajstić information content (AvgIpc) is 3.17. The summed E-state index contributed by atoms with van der Waals surface area (Å²) < 4.78 is 2.16. The van der Waals surface area contributed by atoms with Gasteiger partial charge < -0.3 is 20.1 Å². The fourth-order valence-electron chi connectivity index (χ4n) is 3.63. The van der Waals surface area contributed by atoms with Crippen molar-refractivity contribution in [3.8, 4) is 0 Å². The maximum absolute atomic E-state index is 11.6. The molecule has 8 heteroatoms. The summed E-state index contributed by atoms with van der Waals surface area (Å²) in [6.07, 6.45) is 6.49. The lowest BCUT2D eigenvalue weighted by Gasteiger charge is -2.34. The van der Waals surface area contributed by atoms with Crippen LogP contribution in [0.4, 0.5) is 0 Å². The predicted octanol–water partition coefficient (Wildman–Crippen LogP) is 2.47. The number of halogens is 1. The van der Waals surface area contributed by atoms with E-state index in [4.69, 9.17) is 0 Å². The van der Waals surface area contributed by atoms with E-state index in [1.807, 2.05) is 25.5 Å². The van der Waals surface area contributed by atoms with Crippen LogP contribution in [0.3, 0.4) is 0 Å². The van der Waals surface area contributed by atoms with Crippen molar-refractivity contribution < 1.29 is 4.79 Å². The number of rotatable bonds is 6. The molecule has 7 nitrogen and oxygen atoms in total. The van der Waals surface area contributed by atoms with Crippen LogP contribution in [-0.4, -0.2) is 53.5 Å². The van der Waals surface area contributed by atoms with E-state index in [-0.39, 0.29) is 29.9 Å². The largest absolute Gasteiger partial charge is 0.359 e. The number of carbonyl (C=O) groups is 1. The molecule has 2 heterocycles. The molecule has 0 spiro atoms. The number of aliphatic imine (C=N–C) groups is 1. The Hall–Kier alpha value is -2.10. The average molecular weight is 510 g/mol. The Labute approximate surface area is 190 Å². The van der Waals surface area contributed by atoms with Crippen molar-refractivity contribution in [3.05, 3.63) is 54.1 Å². The number of carbonyl (C=O) groups excluding carboxylic acids is 1. The third-order valence-corrected chi connectivity index (χ3v) is 5.28. The third kappa shape index (κ3) is 6.73. The summed E-state index contributed by atoms with van der Waals surface area (Å²) in [7, 11) is 3.51. The maximum atomic E-state index is 11.6. The second-order valence-corrected chi connectivity index (χ2v) is 7.17. The van der Waals surface area contributed by atoms with Crippen LogP contribution in [0.1, 0.15) is 30.7 Å². The van der Waals surface area contributed by atoms with Gasteiger partial charge in [-0.15, -0.1) is 24.0 Å². The van der Waals surface area contributed by atoms with Crippen molar-refractivity contribution in [2.24, 2.45) is 10.9 Å². The Morgan fingerprint density at radius 3 is 2.62 bits per heavy atom. The lowest BCUT2D eigenvalue weighted by molar-refractivity contribution is -0.121. The van der Waals surface area contributed by atoms with E-state index in [0.717, 1.165) is 44.3 Å². The lowest BCUT2D eigenvalue weighted by Crippen LogP contribution is -2.46. The Morgan fingerprint density at radius 2 is 1.97 bits per heavy atom. The Bertz CT molecular complexity index is 783. The maximum Gasteiger partial charge on any atom is 0.220 e. The van der Waals surface area contributed by atoms with Crippen molar-refractivity contribution in [2.45, 2.75) is 32.4 Å². The van der Waals surface area contributed by atoms with E-state index in [1.54, 1.807) is 7.05 Å². The molecule has 0 aliphatic carbocycles. The van der Waals surface area contributed by atoms with Gasteiger partial charge in [0.1, 0.15) is 5.82 Å². The summed E-state index contributed by atoms with van der Waals surface area (Å²) in [5.41, 5.74) is 1.25.